The zero-order valence-electron chi connectivity index (χ0n) is 12.3. The zero-order chi connectivity index (χ0) is 16.2. The summed E-state index contributed by atoms with van der Waals surface area (Å²) in [5.41, 5.74) is 2.34. The summed E-state index contributed by atoms with van der Waals surface area (Å²) in [4.78, 5) is 4.44. The van der Waals surface area contributed by atoms with Crippen molar-refractivity contribution in [1.82, 2.24) is 4.98 Å². The SMILES string of the molecule is COc1ccc(-c2csc(NCc3ccc(F)cc3)n2)cc1F. The number of benzene rings is 2. The molecule has 0 bridgehead atoms. The van der Waals surface area contributed by atoms with Gasteiger partial charge in [0.15, 0.2) is 16.7 Å². The molecule has 3 rings (SSSR count). The number of thiazole rings is 1. The maximum absolute atomic E-state index is 13.7. The van der Waals surface area contributed by atoms with Gasteiger partial charge in [-0.3, -0.25) is 0 Å². The van der Waals surface area contributed by atoms with Crippen molar-refractivity contribution in [3.8, 4) is 17.0 Å². The van der Waals surface area contributed by atoms with E-state index >= 15 is 0 Å². The van der Waals surface area contributed by atoms with Crippen LogP contribution < -0.4 is 10.1 Å². The third kappa shape index (κ3) is 3.65. The monoisotopic (exact) mass is 332 g/mol. The second-order valence-electron chi connectivity index (χ2n) is 4.87. The van der Waals surface area contributed by atoms with Crippen molar-refractivity contribution in [2.75, 3.05) is 12.4 Å². The maximum atomic E-state index is 13.7. The van der Waals surface area contributed by atoms with E-state index in [4.69, 9.17) is 4.74 Å². The number of halogens is 2. The van der Waals surface area contributed by atoms with Gasteiger partial charge < -0.3 is 10.1 Å². The van der Waals surface area contributed by atoms with E-state index < -0.39 is 5.82 Å². The molecule has 0 atom stereocenters. The second kappa shape index (κ2) is 6.75. The molecule has 0 saturated heterocycles. The molecule has 0 aliphatic carbocycles. The predicted molar refractivity (Wildman–Crippen MR) is 87.8 cm³/mol. The van der Waals surface area contributed by atoms with Gasteiger partial charge in [-0.05, 0) is 35.9 Å². The number of aromatic nitrogens is 1. The smallest absolute Gasteiger partial charge is 0.183 e. The van der Waals surface area contributed by atoms with E-state index in [1.165, 1.54) is 36.6 Å². The molecule has 0 aliphatic rings. The Kier molecular flexibility index (Phi) is 4.52. The van der Waals surface area contributed by atoms with Crippen LogP contribution in [0.1, 0.15) is 5.56 Å². The second-order valence-corrected chi connectivity index (χ2v) is 5.73. The maximum Gasteiger partial charge on any atom is 0.183 e. The molecule has 23 heavy (non-hydrogen) atoms. The molecule has 0 saturated carbocycles. The minimum atomic E-state index is -0.418. The molecule has 0 amide bonds. The van der Waals surface area contributed by atoms with Gasteiger partial charge in [-0.1, -0.05) is 12.1 Å². The van der Waals surface area contributed by atoms with Gasteiger partial charge in [0.1, 0.15) is 5.82 Å². The number of hydrogen-bond acceptors (Lipinski definition) is 4. The highest BCUT2D eigenvalue weighted by Gasteiger charge is 2.08. The fraction of sp³-hybridized carbons (Fsp3) is 0.118. The molecular formula is C17H14F2N2OS. The molecule has 0 radical (unpaired) electrons. The summed E-state index contributed by atoms with van der Waals surface area (Å²) < 4.78 is 31.5. The van der Waals surface area contributed by atoms with Crippen LogP contribution in [0.4, 0.5) is 13.9 Å². The molecule has 3 aromatic rings. The Balaban J connectivity index is 1.70. The average molecular weight is 332 g/mol. The van der Waals surface area contributed by atoms with Gasteiger partial charge in [0.05, 0.1) is 12.8 Å². The van der Waals surface area contributed by atoms with E-state index in [1.807, 2.05) is 5.38 Å². The van der Waals surface area contributed by atoms with Crippen LogP contribution >= 0.6 is 11.3 Å². The number of rotatable bonds is 5. The van der Waals surface area contributed by atoms with Crippen LogP contribution in [0.2, 0.25) is 0 Å². The van der Waals surface area contributed by atoms with E-state index in [1.54, 1.807) is 24.3 Å². The van der Waals surface area contributed by atoms with Crippen LogP contribution in [0.5, 0.6) is 5.75 Å². The quantitative estimate of drug-likeness (QED) is 0.735. The minimum Gasteiger partial charge on any atom is -0.494 e. The molecule has 1 aromatic heterocycles. The Morgan fingerprint density at radius 1 is 1.13 bits per heavy atom. The highest BCUT2D eigenvalue weighted by atomic mass is 32.1. The fourth-order valence-electron chi connectivity index (χ4n) is 2.09. The van der Waals surface area contributed by atoms with E-state index in [0.717, 1.165) is 10.7 Å². The molecule has 0 spiro atoms. The Morgan fingerprint density at radius 3 is 2.61 bits per heavy atom. The van der Waals surface area contributed by atoms with Crippen LogP contribution in [0.25, 0.3) is 11.3 Å². The third-order valence-electron chi connectivity index (χ3n) is 3.31. The van der Waals surface area contributed by atoms with Crippen LogP contribution in [0.3, 0.4) is 0 Å². The van der Waals surface area contributed by atoms with Crippen LogP contribution in [-0.2, 0) is 6.54 Å². The van der Waals surface area contributed by atoms with Crippen molar-refractivity contribution in [3.63, 3.8) is 0 Å². The molecule has 3 nitrogen and oxygen atoms in total. The lowest BCUT2D eigenvalue weighted by Gasteiger charge is -2.04. The van der Waals surface area contributed by atoms with Crippen molar-refractivity contribution in [2.24, 2.45) is 0 Å². The number of methoxy groups -OCH3 is 1. The lowest BCUT2D eigenvalue weighted by atomic mass is 10.1. The van der Waals surface area contributed by atoms with Gasteiger partial charge in [0.25, 0.3) is 0 Å². The molecular weight excluding hydrogens is 318 g/mol. The lowest BCUT2D eigenvalue weighted by Crippen LogP contribution is -1.98. The Bertz CT molecular complexity index is 803. The van der Waals surface area contributed by atoms with E-state index in [0.29, 0.717) is 17.8 Å². The highest BCUT2D eigenvalue weighted by molar-refractivity contribution is 7.14. The largest absolute Gasteiger partial charge is 0.494 e. The number of hydrogen-bond donors (Lipinski definition) is 1. The van der Waals surface area contributed by atoms with Gasteiger partial charge in [0.2, 0.25) is 0 Å². The summed E-state index contributed by atoms with van der Waals surface area (Å²) in [6, 6.07) is 11.0. The molecule has 1 N–H and O–H groups in total. The average Bonchev–Trinajstić information content (AvgIpc) is 3.03. The molecule has 6 heteroatoms. The van der Waals surface area contributed by atoms with E-state index in [2.05, 4.69) is 10.3 Å². The first-order chi connectivity index (χ1) is 11.2. The van der Waals surface area contributed by atoms with Crippen molar-refractivity contribution < 1.29 is 13.5 Å². The van der Waals surface area contributed by atoms with Crippen molar-refractivity contribution in [2.45, 2.75) is 6.54 Å². The summed E-state index contributed by atoms with van der Waals surface area (Å²) in [5, 5.41) is 5.75. The van der Waals surface area contributed by atoms with Crippen molar-refractivity contribution >= 4 is 16.5 Å². The summed E-state index contributed by atoms with van der Waals surface area (Å²) in [7, 11) is 1.43. The van der Waals surface area contributed by atoms with Crippen molar-refractivity contribution in [1.29, 1.82) is 0 Å². The number of nitrogens with one attached hydrogen (secondary N) is 1. The molecule has 0 aliphatic heterocycles. The van der Waals surface area contributed by atoms with Crippen molar-refractivity contribution in [3.05, 3.63) is 65.0 Å². The Hall–Kier alpha value is -2.47. The number of anilines is 1. The molecule has 0 fully saturated rings. The summed E-state index contributed by atoms with van der Waals surface area (Å²) in [6.45, 7) is 0.546. The predicted octanol–water partition coefficient (Wildman–Crippen LogP) is 4.71. The van der Waals surface area contributed by atoms with Gasteiger partial charge >= 0.3 is 0 Å². The first kappa shape index (κ1) is 15.4. The highest BCUT2D eigenvalue weighted by Crippen LogP contribution is 2.28. The third-order valence-corrected chi connectivity index (χ3v) is 4.11. The normalized spacial score (nSPS) is 10.6. The van der Waals surface area contributed by atoms with Crippen LogP contribution in [-0.4, -0.2) is 12.1 Å². The molecule has 0 unspecified atom stereocenters. The zero-order valence-corrected chi connectivity index (χ0v) is 13.2. The molecule has 2 aromatic carbocycles. The van der Waals surface area contributed by atoms with Gasteiger partial charge in [0, 0.05) is 17.5 Å². The number of ether oxygens (including phenoxy) is 1. The van der Waals surface area contributed by atoms with E-state index in [9.17, 15) is 8.78 Å². The molecule has 118 valence electrons. The summed E-state index contributed by atoms with van der Waals surface area (Å²) >= 11 is 1.43. The van der Waals surface area contributed by atoms with Gasteiger partial charge in [-0.15, -0.1) is 11.3 Å². The topological polar surface area (TPSA) is 34.1 Å². The van der Waals surface area contributed by atoms with E-state index in [-0.39, 0.29) is 11.6 Å². The standard InChI is InChI=1S/C17H14F2N2OS/c1-22-16-7-4-12(8-14(16)19)15-10-23-17(21-15)20-9-11-2-5-13(18)6-3-11/h2-8,10H,9H2,1H3,(H,20,21). The molecule has 1 heterocycles. The van der Waals surface area contributed by atoms with Gasteiger partial charge in [-0.25, -0.2) is 13.8 Å². The van der Waals surface area contributed by atoms with Crippen LogP contribution in [0.15, 0.2) is 47.8 Å². The van der Waals surface area contributed by atoms with Crippen LogP contribution in [0, 0.1) is 11.6 Å². The Morgan fingerprint density at radius 2 is 1.91 bits per heavy atom. The summed E-state index contributed by atoms with van der Waals surface area (Å²) in [5.74, 6) is -0.468. The number of nitrogens with zero attached hydrogens (tertiary/aromatic N) is 1. The Labute approximate surface area is 136 Å². The fourth-order valence-corrected chi connectivity index (χ4v) is 2.81. The minimum absolute atomic E-state index is 0.207. The summed E-state index contributed by atoms with van der Waals surface area (Å²) in [6.07, 6.45) is 0. The first-order valence-electron chi connectivity index (χ1n) is 6.93. The first-order valence-corrected chi connectivity index (χ1v) is 7.81. The van der Waals surface area contributed by atoms with Gasteiger partial charge in [-0.2, -0.15) is 0 Å². The lowest BCUT2D eigenvalue weighted by molar-refractivity contribution is 0.386.